The highest BCUT2D eigenvalue weighted by atomic mass is 32.1. The summed E-state index contributed by atoms with van der Waals surface area (Å²) in [7, 11) is 0. The van der Waals surface area contributed by atoms with Crippen LogP contribution in [0.3, 0.4) is 0 Å². The summed E-state index contributed by atoms with van der Waals surface area (Å²) >= 11 is 1.91. The van der Waals surface area contributed by atoms with Crippen LogP contribution in [0.2, 0.25) is 0 Å². The molecule has 0 aliphatic rings. The SMILES string of the molecule is Cc1c(CC(C)(C)C)oc2cc(-c3sc4c(-c5cc(C(C)(C)C)c6ccccc6c5)cccc4c3C)ccc12. The fourth-order valence-corrected chi connectivity index (χ4v) is 7.24. The first-order chi connectivity index (χ1) is 18.4. The zero-order chi connectivity index (χ0) is 27.7. The Balaban J connectivity index is 1.51. The molecular formula is C37H38OS. The molecular weight excluding hydrogens is 492 g/mol. The van der Waals surface area contributed by atoms with Gasteiger partial charge in [0.25, 0.3) is 0 Å². The maximum Gasteiger partial charge on any atom is 0.135 e. The van der Waals surface area contributed by atoms with Crippen molar-refractivity contribution in [3.63, 3.8) is 0 Å². The Morgan fingerprint density at radius 1 is 0.692 bits per heavy atom. The highest BCUT2D eigenvalue weighted by molar-refractivity contribution is 7.23. The second kappa shape index (κ2) is 9.10. The summed E-state index contributed by atoms with van der Waals surface area (Å²) < 4.78 is 7.79. The summed E-state index contributed by atoms with van der Waals surface area (Å²) in [6.07, 6.45) is 0.941. The Morgan fingerprint density at radius 3 is 2.18 bits per heavy atom. The molecule has 0 N–H and O–H groups in total. The number of hydrogen-bond acceptors (Lipinski definition) is 2. The van der Waals surface area contributed by atoms with Crippen LogP contribution >= 0.6 is 11.3 Å². The molecule has 39 heavy (non-hydrogen) atoms. The van der Waals surface area contributed by atoms with Crippen LogP contribution in [0.1, 0.15) is 64.0 Å². The lowest BCUT2D eigenvalue weighted by atomic mass is 9.82. The van der Waals surface area contributed by atoms with E-state index in [4.69, 9.17) is 4.42 Å². The predicted molar refractivity (Wildman–Crippen MR) is 171 cm³/mol. The van der Waals surface area contributed by atoms with Gasteiger partial charge in [-0.2, -0.15) is 0 Å². The summed E-state index contributed by atoms with van der Waals surface area (Å²) in [6, 6.07) is 27.1. The first kappa shape index (κ1) is 25.9. The number of fused-ring (bicyclic) bond motifs is 3. The van der Waals surface area contributed by atoms with E-state index < -0.39 is 0 Å². The van der Waals surface area contributed by atoms with Gasteiger partial charge in [0.15, 0.2) is 0 Å². The molecule has 1 nitrogen and oxygen atoms in total. The van der Waals surface area contributed by atoms with E-state index in [-0.39, 0.29) is 10.8 Å². The highest BCUT2D eigenvalue weighted by Gasteiger charge is 2.22. The zero-order valence-corrected chi connectivity index (χ0v) is 25.3. The molecule has 0 amide bonds. The van der Waals surface area contributed by atoms with Gasteiger partial charge < -0.3 is 4.42 Å². The van der Waals surface area contributed by atoms with Crippen molar-refractivity contribution in [2.45, 2.75) is 67.2 Å². The van der Waals surface area contributed by atoms with Gasteiger partial charge in [-0.05, 0) is 92.4 Å². The van der Waals surface area contributed by atoms with Crippen molar-refractivity contribution in [3.8, 4) is 21.6 Å². The van der Waals surface area contributed by atoms with Crippen LogP contribution in [0.4, 0.5) is 0 Å². The summed E-state index contributed by atoms with van der Waals surface area (Å²) in [5.74, 6) is 1.11. The molecule has 2 heteroatoms. The lowest BCUT2D eigenvalue weighted by Crippen LogP contribution is -2.11. The maximum absolute atomic E-state index is 6.43. The molecule has 4 aromatic carbocycles. The second-order valence-corrected chi connectivity index (χ2v) is 14.4. The normalized spacial score (nSPS) is 12.7. The van der Waals surface area contributed by atoms with Crippen LogP contribution in [0.5, 0.6) is 0 Å². The Hall–Kier alpha value is -3.36. The van der Waals surface area contributed by atoms with Crippen molar-refractivity contribution in [2.75, 3.05) is 0 Å². The highest BCUT2D eigenvalue weighted by Crippen LogP contribution is 2.45. The van der Waals surface area contributed by atoms with Crippen LogP contribution in [-0.2, 0) is 11.8 Å². The molecule has 2 heterocycles. The first-order valence-corrected chi connectivity index (χ1v) is 14.8. The molecule has 6 aromatic rings. The molecule has 2 aromatic heterocycles. The number of aryl methyl sites for hydroxylation is 2. The lowest BCUT2D eigenvalue weighted by Gasteiger charge is -2.23. The minimum Gasteiger partial charge on any atom is -0.461 e. The topological polar surface area (TPSA) is 13.1 Å². The van der Waals surface area contributed by atoms with Crippen LogP contribution < -0.4 is 0 Å². The van der Waals surface area contributed by atoms with Gasteiger partial charge in [-0.3, -0.25) is 0 Å². The zero-order valence-electron chi connectivity index (χ0n) is 24.5. The first-order valence-electron chi connectivity index (χ1n) is 14.0. The molecule has 0 saturated heterocycles. The number of benzene rings is 4. The Labute approximate surface area is 236 Å². The Morgan fingerprint density at radius 2 is 1.44 bits per heavy atom. The quantitative estimate of drug-likeness (QED) is 0.222. The van der Waals surface area contributed by atoms with Gasteiger partial charge in [-0.25, -0.2) is 0 Å². The van der Waals surface area contributed by atoms with E-state index in [9.17, 15) is 0 Å². The van der Waals surface area contributed by atoms with Crippen molar-refractivity contribution >= 4 is 43.2 Å². The van der Waals surface area contributed by atoms with Crippen LogP contribution in [0.25, 0.3) is 53.4 Å². The van der Waals surface area contributed by atoms with Crippen LogP contribution in [0.15, 0.2) is 77.2 Å². The number of rotatable bonds is 3. The van der Waals surface area contributed by atoms with Gasteiger partial charge in [0.1, 0.15) is 11.3 Å². The third kappa shape index (κ3) is 4.59. The van der Waals surface area contributed by atoms with Crippen LogP contribution in [-0.4, -0.2) is 0 Å². The van der Waals surface area contributed by atoms with Gasteiger partial charge in [-0.1, -0.05) is 96.1 Å². The van der Waals surface area contributed by atoms with Crippen LogP contribution in [0, 0.1) is 19.3 Å². The Kier molecular flexibility index (Phi) is 6.04. The molecule has 0 fully saturated rings. The average Bonchev–Trinajstić information content (AvgIpc) is 3.37. The minimum absolute atomic E-state index is 0.0580. The maximum atomic E-state index is 6.43. The fraction of sp³-hybridized carbons (Fsp3) is 0.297. The molecule has 0 spiro atoms. The predicted octanol–water partition coefficient (Wildman–Crippen LogP) is 11.6. The van der Waals surface area contributed by atoms with Gasteiger partial charge in [0, 0.05) is 21.4 Å². The summed E-state index contributed by atoms with van der Waals surface area (Å²) in [4.78, 5) is 1.32. The van der Waals surface area contributed by atoms with Crippen molar-refractivity contribution in [1.29, 1.82) is 0 Å². The summed E-state index contributed by atoms with van der Waals surface area (Å²) in [6.45, 7) is 18.2. The summed E-state index contributed by atoms with van der Waals surface area (Å²) in [5.41, 5.74) is 9.08. The van der Waals surface area contributed by atoms with E-state index in [0.29, 0.717) is 0 Å². The van der Waals surface area contributed by atoms with Gasteiger partial charge in [-0.15, -0.1) is 11.3 Å². The van der Waals surface area contributed by atoms with Crippen molar-refractivity contribution in [2.24, 2.45) is 5.41 Å². The van der Waals surface area contributed by atoms with Gasteiger partial charge >= 0.3 is 0 Å². The minimum atomic E-state index is 0.0580. The van der Waals surface area contributed by atoms with Crippen molar-refractivity contribution < 1.29 is 4.42 Å². The fourth-order valence-electron chi connectivity index (χ4n) is 5.90. The third-order valence-corrected chi connectivity index (χ3v) is 9.32. The lowest BCUT2D eigenvalue weighted by molar-refractivity contribution is 0.369. The molecule has 0 aliphatic heterocycles. The number of furan rings is 1. The molecule has 0 bridgehead atoms. The standard InChI is InChI=1S/C37H38OS/c1-22-27-17-16-25(20-32(27)38-33(22)21-36(3,4)5)34-23(2)28-14-11-15-30(35(28)39-34)26-18-24-12-9-10-13-29(24)31(19-26)37(6,7)8/h9-20H,21H2,1-8H3. The second-order valence-electron chi connectivity index (χ2n) is 13.3. The molecule has 0 radical (unpaired) electrons. The molecule has 0 saturated carbocycles. The average molecular weight is 531 g/mol. The molecule has 0 atom stereocenters. The largest absolute Gasteiger partial charge is 0.461 e. The van der Waals surface area contributed by atoms with Gasteiger partial charge in [0.2, 0.25) is 0 Å². The van der Waals surface area contributed by atoms with E-state index in [0.717, 1.165) is 17.8 Å². The van der Waals surface area contributed by atoms with E-state index in [2.05, 4.69) is 128 Å². The molecule has 198 valence electrons. The van der Waals surface area contributed by atoms with E-state index >= 15 is 0 Å². The number of hydrogen-bond donors (Lipinski definition) is 0. The van der Waals surface area contributed by atoms with Crippen molar-refractivity contribution in [1.82, 2.24) is 0 Å². The van der Waals surface area contributed by atoms with E-state index in [1.54, 1.807) is 0 Å². The van der Waals surface area contributed by atoms with Gasteiger partial charge in [0.05, 0.1) is 0 Å². The molecule has 0 unspecified atom stereocenters. The smallest absolute Gasteiger partial charge is 0.135 e. The third-order valence-electron chi connectivity index (χ3n) is 7.93. The summed E-state index contributed by atoms with van der Waals surface area (Å²) in [5, 5.41) is 5.21. The molecule has 6 rings (SSSR count). The monoisotopic (exact) mass is 530 g/mol. The Bertz CT molecular complexity index is 1860. The number of thiophene rings is 1. The van der Waals surface area contributed by atoms with E-state index in [1.807, 2.05) is 11.3 Å². The van der Waals surface area contributed by atoms with E-state index in [1.165, 1.54) is 64.5 Å². The van der Waals surface area contributed by atoms with Crippen molar-refractivity contribution in [3.05, 3.63) is 95.2 Å². The molecule has 0 aliphatic carbocycles.